The molecular weight excluding hydrogens is 230 g/mol. The second-order valence-corrected chi connectivity index (χ2v) is 5.24. The highest BCUT2D eigenvalue weighted by Gasteiger charge is 2.31. The number of aliphatic hydroxyl groups excluding tert-OH is 1. The van der Waals surface area contributed by atoms with Crippen molar-refractivity contribution in [2.24, 2.45) is 12.5 Å². The smallest absolute Gasteiger partial charge is 0.269 e. The molecule has 5 heteroatoms. The lowest BCUT2D eigenvalue weighted by Crippen LogP contribution is -2.41. The summed E-state index contributed by atoms with van der Waals surface area (Å²) < 4.78 is 1.56. The monoisotopic (exact) mass is 251 g/mol. The van der Waals surface area contributed by atoms with E-state index in [1.54, 1.807) is 24.0 Å². The lowest BCUT2D eigenvalue weighted by atomic mass is 9.74. The fraction of sp³-hybridized carbons (Fsp3) is 0.692. The van der Waals surface area contributed by atoms with E-state index in [1.807, 2.05) is 0 Å². The van der Waals surface area contributed by atoms with E-state index in [0.717, 1.165) is 25.7 Å². The molecule has 1 aliphatic carbocycles. The second kappa shape index (κ2) is 5.52. The number of aryl methyl sites for hydroxylation is 1. The van der Waals surface area contributed by atoms with Crippen molar-refractivity contribution < 1.29 is 9.90 Å². The Hall–Kier alpha value is -1.36. The van der Waals surface area contributed by atoms with Crippen molar-refractivity contribution in [3.05, 3.63) is 18.0 Å². The predicted octanol–water partition coefficient (Wildman–Crippen LogP) is 1.09. The van der Waals surface area contributed by atoms with Crippen LogP contribution in [-0.4, -0.2) is 33.9 Å². The summed E-state index contributed by atoms with van der Waals surface area (Å²) in [4.78, 5) is 12.0. The number of nitrogens with zero attached hydrogens (tertiary/aromatic N) is 2. The van der Waals surface area contributed by atoms with E-state index >= 15 is 0 Å². The molecule has 0 atom stereocenters. The molecule has 1 amide bonds. The minimum Gasteiger partial charge on any atom is -0.396 e. The number of amides is 1. The van der Waals surface area contributed by atoms with Crippen molar-refractivity contribution in [3.63, 3.8) is 0 Å². The summed E-state index contributed by atoms with van der Waals surface area (Å²) in [7, 11) is 1.75. The highest BCUT2D eigenvalue weighted by atomic mass is 16.3. The molecule has 2 N–H and O–H groups in total. The fourth-order valence-electron chi connectivity index (χ4n) is 2.65. The number of aromatic nitrogens is 2. The Morgan fingerprint density at radius 1 is 1.50 bits per heavy atom. The van der Waals surface area contributed by atoms with E-state index in [9.17, 15) is 9.90 Å². The summed E-state index contributed by atoms with van der Waals surface area (Å²) >= 11 is 0. The molecular formula is C13H21N3O2. The van der Waals surface area contributed by atoms with Crippen molar-refractivity contribution in [1.29, 1.82) is 0 Å². The summed E-state index contributed by atoms with van der Waals surface area (Å²) in [5, 5.41) is 16.5. The Balaban J connectivity index is 1.94. The molecule has 0 aliphatic heterocycles. The normalized spacial score (nSPS) is 18.6. The summed E-state index contributed by atoms with van der Waals surface area (Å²) in [5.41, 5.74) is 0.436. The summed E-state index contributed by atoms with van der Waals surface area (Å²) in [6.07, 6.45) is 7.11. The minimum atomic E-state index is -0.119. The number of aliphatic hydroxyl groups is 1. The summed E-state index contributed by atoms with van der Waals surface area (Å²) in [5.74, 6) is -0.117. The Morgan fingerprint density at radius 3 is 2.78 bits per heavy atom. The van der Waals surface area contributed by atoms with Crippen LogP contribution in [0.2, 0.25) is 0 Å². The number of nitrogens with one attached hydrogen (secondary N) is 1. The molecule has 1 aromatic rings. The highest BCUT2D eigenvalue weighted by molar-refractivity contribution is 5.92. The lowest BCUT2D eigenvalue weighted by Gasteiger charge is -2.35. The van der Waals surface area contributed by atoms with E-state index in [1.165, 1.54) is 6.42 Å². The van der Waals surface area contributed by atoms with Gasteiger partial charge in [0.25, 0.3) is 5.91 Å². The third-order valence-corrected chi connectivity index (χ3v) is 3.93. The molecule has 0 spiro atoms. The van der Waals surface area contributed by atoms with Gasteiger partial charge in [-0.1, -0.05) is 19.3 Å². The molecule has 0 unspecified atom stereocenters. The first-order chi connectivity index (χ1) is 8.67. The third-order valence-electron chi connectivity index (χ3n) is 3.93. The fourth-order valence-corrected chi connectivity index (χ4v) is 2.65. The molecule has 0 saturated heterocycles. The van der Waals surface area contributed by atoms with Gasteiger partial charge in [0, 0.05) is 25.2 Å². The molecule has 1 saturated carbocycles. The highest BCUT2D eigenvalue weighted by Crippen LogP contribution is 2.35. The molecule has 2 rings (SSSR count). The first-order valence-corrected chi connectivity index (χ1v) is 6.54. The molecule has 18 heavy (non-hydrogen) atoms. The van der Waals surface area contributed by atoms with Gasteiger partial charge in [0.2, 0.25) is 0 Å². The van der Waals surface area contributed by atoms with E-state index in [-0.39, 0.29) is 17.9 Å². The number of hydrogen-bond donors (Lipinski definition) is 2. The predicted molar refractivity (Wildman–Crippen MR) is 68.1 cm³/mol. The first-order valence-electron chi connectivity index (χ1n) is 6.54. The molecule has 1 heterocycles. The van der Waals surface area contributed by atoms with Gasteiger partial charge in [-0.25, -0.2) is 0 Å². The third kappa shape index (κ3) is 2.72. The van der Waals surface area contributed by atoms with E-state index in [0.29, 0.717) is 12.2 Å². The standard InChI is InChI=1S/C13H21N3O2/c1-16-11(5-8-15-16)12(18)14-9-13(10-17)6-3-2-4-7-13/h5,8,17H,2-4,6-7,9-10H2,1H3,(H,14,18). The molecule has 100 valence electrons. The average Bonchev–Trinajstić information content (AvgIpc) is 2.83. The van der Waals surface area contributed by atoms with Crippen LogP contribution in [0.1, 0.15) is 42.6 Å². The Morgan fingerprint density at radius 2 is 2.22 bits per heavy atom. The zero-order chi connectivity index (χ0) is 13.0. The van der Waals surface area contributed by atoms with Crippen LogP contribution in [0, 0.1) is 5.41 Å². The molecule has 5 nitrogen and oxygen atoms in total. The van der Waals surface area contributed by atoms with E-state index in [2.05, 4.69) is 10.4 Å². The minimum absolute atomic E-state index is 0.117. The zero-order valence-corrected chi connectivity index (χ0v) is 10.9. The Bertz CT molecular complexity index is 408. The maximum Gasteiger partial charge on any atom is 0.269 e. The molecule has 1 aromatic heterocycles. The van der Waals surface area contributed by atoms with Crippen LogP contribution >= 0.6 is 0 Å². The van der Waals surface area contributed by atoms with Crippen LogP contribution in [0.15, 0.2) is 12.3 Å². The second-order valence-electron chi connectivity index (χ2n) is 5.24. The maximum absolute atomic E-state index is 12.0. The van der Waals surface area contributed by atoms with Gasteiger partial charge in [0.15, 0.2) is 0 Å². The van der Waals surface area contributed by atoms with Gasteiger partial charge < -0.3 is 10.4 Å². The maximum atomic E-state index is 12.0. The molecule has 0 bridgehead atoms. The van der Waals surface area contributed by atoms with E-state index < -0.39 is 0 Å². The molecule has 1 fully saturated rings. The largest absolute Gasteiger partial charge is 0.396 e. The van der Waals surface area contributed by atoms with Crippen LogP contribution in [0.4, 0.5) is 0 Å². The summed E-state index contributed by atoms with van der Waals surface area (Å²) in [6, 6.07) is 1.70. The van der Waals surface area contributed by atoms with Crippen LogP contribution in [0.25, 0.3) is 0 Å². The number of carbonyl (C=O) groups is 1. The van der Waals surface area contributed by atoms with Crippen LogP contribution in [0.5, 0.6) is 0 Å². The van der Waals surface area contributed by atoms with Gasteiger partial charge in [0.1, 0.15) is 5.69 Å². The van der Waals surface area contributed by atoms with Gasteiger partial charge in [0.05, 0.1) is 6.61 Å². The van der Waals surface area contributed by atoms with Crippen molar-refractivity contribution in [1.82, 2.24) is 15.1 Å². The van der Waals surface area contributed by atoms with Crippen molar-refractivity contribution in [2.75, 3.05) is 13.2 Å². The van der Waals surface area contributed by atoms with Crippen LogP contribution < -0.4 is 5.32 Å². The van der Waals surface area contributed by atoms with Gasteiger partial charge in [-0.2, -0.15) is 5.10 Å². The quantitative estimate of drug-likeness (QED) is 0.842. The van der Waals surface area contributed by atoms with Gasteiger partial charge >= 0.3 is 0 Å². The molecule has 1 aliphatic rings. The van der Waals surface area contributed by atoms with Gasteiger partial charge in [-0.15, -0.1) is 0 Å². The van der Waals surface area contributed by atoms with Crippen LogP contribution in [0.3, 0.4) is 0 Å². The average molecular weight is 251 g/mol. The van der Waals surface area contributed by atoms with Crippen molar-refractivity contribution in [2.45, 2.75) is 32.1 Å². The topological polar surface area (TPSA) is 67.2 Å². The van der Waals surface area contributed by atoms with Gasteiger partial charge in [-0.3, -0.25) is 9.48 Å². The number of hydrogen-bond acceptors (Lipinski definition) is 3. The molecule has 0 radical (unpaired) electrons. The SMILES string of the molecule is Cn1nccc1C(=O)NCC1(CO)CCCCC1. The first kappa shape index (κ1) is 13.1. The number of rotatable bonds is 4. The summed E-state index contributed by atoms with van der Waals surface area (Å²) in [6.45, 7) is 0.701. The number of carbonyl (C=O) groups excluding carboxylic acids is 1. The van der Waals surface area contributed by atoms with Crippen molar-refractivity contribution >= 4 is 5.91 Å². The Kier molecular flexibility index (Phi) is 4.01. The Labute approximate surface area is 107 Å². The van der Waals surface area contributed by atoms with Crippen molar-refractivity contribution in [3.8, 4) is 0 Å². The zero-order valence-electron chi connectivity index (χ0n) is 10.9. The lowest BCUT2D eigenvalue weighted by molar-refractivity contribution is 0.0713. The van der Waals surface area contributed by atoms with E-state index in [4.69, 9.17) is 0 Å². The molecule has 0 aromatic carbocycles. The van der Waals surface area contributed by atoms with Crippen LogP contribution in [-0.2, 0) is 7.05 Å². The van der Waals surface area contributed by atoms with Gasteiger partial charge in [-0.05, 0) is 18.9 Å².